The van der Waals surface area contributed by atoms with Crippen molar-refractivity contribution in [1.29, 1.82) is 5.26 Å². The van der Waals surface area contributed by atoms with Crippen molar-refractivity contribution >= 4 is 39.8 Å². The quantitative estimate of drug-likeness (QED) is 0.457. The Labute approximate surface area is 160 Å². The maximum atomic E-state index is 9.13. The molecule has 0 saturated carbocycles. The molecule has 4 rings (SSSR count). The Balaban J connectivity index is 1.58. The fraction of sp³-hybridized carbons (Fsp3) is 0.222. The lowest BCUT2D eigenvalue weighted by Crippen LogP contribution is -2.07. The van der Waals surface area contributed by atoms with Gasteiger partial charge in [-0.25, -0.2) is 9.50 Å². The Morgan fingerprint density at radius 1 is 1.37 bits per heavy atom. The first-order valence-corrected chi connectivity index (χ1v) is 8.88. The Hall–Kier alpha value is -3.31. The van der Waals surface area contributed by atoms with Gasteiger partial charge in [0.15, 0.2) is 11.5 Å². The number of halogens is 1. The van der Waals surface area contributed by atoms with Crippen molar-refractivity contribution in [3.05, 3.63) is 46.2 Å². The van der Waals surface area contributed by atoms with Crippen LogP contribution >= 0.6 is 11.6 Å². The van der Waals surface area contributed by atoms with Crippen molar-refractivity contribution in [3.8, 4) is 6.07 Å². The lowest BCUT2D eigenvalue weighted by atomic mass is 10.1. The van der Waals surface area contributed by atoms with Crippen LogP contribution in [0.5, 0.6) is 0 Å². The van der Waals surface area contributed by atoms with Gasteiger partial charge < -0.3 is 11.1 Å². The van der Waals surface area contributed by atoms with Gasteiger partial charge in [0, 0.05) is 11.9 Å². The number of anilines is 2. The SMILES string of the molecule is Cc1nn2c(nc(NCCCc3[nH]nc(N)c3C#N)c3ccccc32)c1Cl. The Morgan fingerprint density at radius 3 is 3.00 bits per heavy atom. The van der Waals surface area contributed by atoms with E-state index < -0.39 is 0 Å². The highest BCUT2D eigenvalue weighted by molar-refractivity contribution is 6.34. The molecule has 0 atom stereocenters. The Morgan fingerprint density at radius 2 is 2.19 bits per heavy atom. The van der Waals surface area contributed by atoms with Gasteiger partial charge in [-0.3, -0.25) is 5.10 Å². The number of nitrogens with one attached hydrogen (secondary N) is 2. The number of nitriles is 1. The monoisotopic (exact) mass is 380 g/mol. The van der Waals surface area contributed by atoms with Crippen molar-refractivity contribution in [3.63, 3.8) is 0 Å². The van der Waals surface area contributed by atoms with Crippen LogP contribution in [-0.2, 0) is 6.42 Å². The highest BCUT2D eigenvalue weighted by Gasteiger charge is 2.14. The van der Waals surface area contributed by atoms with E-state index in [4.69, 9.17) is 22.6 Å². The molecule has 0 aliphatic carbocycles. The normalized spacial score (nSPS) is 11.1. The first-order valence-electron chi connectivity index (χ1n) is 8.50. The van der Waals surface area contributed by atoms with E-state index in [1.54, 1.807) is 4.52 Å². The van der Waals surface area contributed by atoms with Gasteiger partial charge in [-0.1, -0.05) is 23.7 Å². The van der Waals surface area contributed by atoms with Crippen molar-refractivity contribution < 1.29 is 0 Å². The van der Waals surface area contributed by atoms with Gasteiger partial charge in [-0.05, 0) is 31.9 Å². The molecular formula is C18H17ClN8. The third-order valence-electron chi connectivity index (χ3n) is 4.45. The lowest BCUT2D eigenvalue weighted by Gasteiger charge is -2.10. The van der Waals surface area contributed by atoms with E-state index in [-0.39, 0.29) is 5.82 Å². The van der Waals surface area contributed by atoms with Crippen LogP contribution in [0.3, 0.4) is 0 Å². The number of nitrogen functional groups attached to an aromatic ring is 1. The van der Waals surface area contributed by atoms with Crippen molar-refractivity contribution in [2.24, 2.45) is 0 Å². The second kappa shape index (κ2) is 6.78. The van der Waals surface area contributed by atoms with E-state index in [0.717, 1.165) is 34.5 Å². The molecule has 0 spiro atoms. The average molecular weight is 381 g/mol. The molecule has 0 fully saturated rings. The van der Waals surface area contributed by atoms with Crippen molar-refractivity contribution in [1.82, 2.24) is 24.8 Å². The van der Waals surface area contributed by atoms with Gasteiger partial charge in [0.25, 0.3) is 0 Å². The van der Waals surface area contributed by atoms with Crippen LogP contribution < -0.4 is 11.1 Å². The fourth-order valence-corrected chi connectivity index (χ4v) is 3.25. The third kappa shape index (κ3) is 2.92. The topological polar surface area (TPSA) is 121 Å². The van der Waals surface area contributed by atoms with E-state index in [0.29, 0.717) is 29.2 Å². The second-order valence-corrected chi connectivity index (χ2v) is 6.59. The molecular weight excluding hydrogens is 364 g/mol. The number of nitrogens with two attached hydrogens (primary N) is 1. The molecule has 0 aliphatic rings. The zero-order chi connectivity index (χ0) is 19.0. The standard InChI is InChI=1S/C18H17ClN8/c1-10-15(19)18-23-17(11-5-2-3-7-14(11)27(18)26-10)22-8-4-6-13-12(9-20)16(21)25-24-13/h2-3,5,7H,4,6,8H2,1H3,(H,22,23)(H3,21,24,25). The molecule has 4 N–H and O–H groups in total. The van der Waals surface area contributed by atoms with Gasteiger partial charge in [-0.2, -0.15) is 15.5 Å². The van der Waals surface area contributed by atoms with E-state index in [2.05, 4.69) is 31.7 Å². The number of rotatable bonds is 5. The summed E-state index contributed by atoms with van der Waals surface area (Å²) >= 11 is 6.36. The van der Waals surface area contributed by atoms with Crippen LogP contribution in [0.25, 0.3) is 16.6 Å². The predicted octanol–water partition coefficient (Wildman–Crippen LogP) is 3.07. The molecule has 0 bridgehead atoms. The van der Waals surface area contributed by atoms with Gasteiger partial charge in [0.1, 0.15) is 22.5 Å². The minimum Gasteiger partial charge on any atom is -0.381 e. The van der Waals surface area contributed by atoms with Gasteiger partial charge in [0.05, 0.1) is 16.9 Å². The number of para-hydroxylation sites is 1. The number of hydrogen-bond acceptors (Lipinski definition) is 6. The number of nitrogens with zero attached hydrogens (tertiary/aromatic N) is 5. The van der Waals surface area contributed by atoms with Crippen LogP contribution in [0.4, 0.5) is 11.6 Å². The van der Waals surface area contributed by atoms with Crippen LogP contribution in [-0.4, -0.2) is 31.3 Å². The summed E-state index contributed by atoms with van der Waals surface area (Å²) in [6, 6.07) is 9.99. The molecule has 4 aromatic rings. The van der Waals surface area contributed by atoms with E-state index >= 15 is 0 Å². The maximum absolute atomic E-state index is 9.13. The molecule has 0 amide bonds. The number of aromatic amines is 1. The first kappa shape index (κ1) is 17.1. The summed E-state index contributed by atoms with van der Waals surface area (Å²) in [5.41, 5.74) is 9.14. The maximum Gasteiger partial charge on any atom is 0.176 e. The number of H-pyrrole nitrogens is 1. The molecule has 1 aromatic carbocycles. The third-order valence-corrected chi connectivity index (χ3v) is 4.89. The zero-order valence-corrected chi connectivity index (χ0v) is 15.4. The smallest absolute Gasteiger partial charge is 0.176 e. The molecule has 27 heavy (non-hydrogen) atoms. The summed E-state index contributed by atoms with van der Waals surface area (Å²) in [4.78, 5) is 4.67. The van der Waals surface area contributed by atoms with Gasteiger partial charge >= 0.3 is 0 Å². The number of aryl methyl sites for hydroxylation is 2. The molecule has 0 radical (unpaired) electrons. The summed E-state index contributed by atoms with van der Waals surface area (Å²) in [7, 11) is 0. The first-order chi connectivity index (χ1) is 13.1. The molecule has 136 valence electrons. The van der Waals surface area contributed by atoms with Gasteiger partial charge in [-0.15, -0.1) is 0 Å². The van der Waals surface area contributed by atoms with Crippen molar-refractivity contribution in [2.75, 3.05) is 17.6 Å². The Kier molecular flexibility index (Phi) is 4.30. The molecule has 3 heterocycles. The minimum absolute atomic E-state index is 0.240. The number of aromatic nitrogens is 5. The summed E-state index contributed by atoms with van der Waals surface area (Å²) in [5.74, 6) is 0.994. The predicted molar refractivity (Wildman–Crippen MR) is 105 cm³/mol. The highest BCUT2D eigenvalue weighted by Crippen LogP contribution is 2.28. The summed E-state index contributed by atoms with van der Waals surface area (Å²) in [5, 5.41) is 25.2. The molecule has 3 aromatic heterocycles. The largest absolute Gasteiger partial charge is 0.381 e. The highest BCUT2D eigenvalue weighted by atomic mass is 35.5. The van der Waals surface area contributed by atoms with Crippen LogP contribution in [0.2, 0.25) is 5.02 Å². The van der Waals surface area contributed by atoms with Crippen LogP contribution in [0.1, 0.15) is 23.4 Å². The van der Waals surface area contributed by atoms with Crippen molar-refractivity contribution in [2.45, 2.75) is 19.8 Å². The molecule has 0 aliphatic heterocycles. The average Bonchev–Trinajstić information content (AvgIpc) is 3.18. The summed E-state index contributed by atoms with van der Waals surface area (Å²) in [6.45, 7) is 2.53. The molecule has 0 saturated heterocycles. The van der Waals surface area contributed by atoms with E-state index in [9.17, 15) is 0 Å². The number of hydrogen-bond donors (Lipinski definition) is 3. The van der Waals surface area contributed by atoms with Crippen LogP contribution in [0, 0.1) is 18.3 Å². The lowest BCUT2D eigenvalue weighted by molar-refractivity contribution is 0.823. The van der Waals surface area contributed by atoms with Crippen LogP contribution in [0.15, 0.2) is 24.3 Å². The zero-order valence-electron chi connectivity index (χ0n) is 14.6. The summed E-state index contributed by atoms with van der Waals surface area (Å²) < 4.78 is 1.77. The molecule has 9 heteroatoms. The second-order valence-electron chi connectivity index (χ2n) is 6.22. The molecule has 8 nitrogen and oxygen atoms in total. The minimum atomic E-state index is 0.240. The number of fused-ring (bicyclic) bond motifs is 3. The fourth-order valence-electron chi connectivity index (χ4n) is 3.09. The number of benzene rings is 1. The van der Waals surface area contributed by atoms with E-state index in [1.807, 2.05) is 31.2 Å². The van der Waals surface area contributed by atoms with E-state index in [1.165, 1.54) is 0 Å². The van der Waals surface area contributed by atoms with Gasteiger partial charge in [0.2, 0.25) is 0 Å². The molecule has 0 unspecified atom stereocenters. The Bertz CT molecular complexity index is 1180. The summed E-state index contributed by atoms with van der Waals surface area (Å²) in [6.07, 6.45) is 1.44.